The highest BCUT2D eigenvalue weighted by atomic mass is 16.3. The number of carbonyl (C=O) groups excluding carboxylic acids is 7. The minimum absolute atomic E-state index is 0.166. The number of hydrogen-bond acceptors (Lipinski definition) is 10. The second-order valence-electron chi connectivity index (χ2n) is 29.1. The molecule has 7 amide bonds. The third kappa shape index (κ3) is 55.8. The van der Waals surface area contributed by atoms with E-state index in [1.54, 1.807) is 24.5 Å². The van der Waals surface area contributed by atoms with Crippen molar-refractivity contribution in [3.8, 4) is 0 Å². The number of primary amides is 1. The Bertz CT molecular complexity index is 1890. The van der Waals surface area contributed by atoms with Gasteiger partial charge in [-0.2, -0.15) is 0 Å². The monoisotopic (exact) mass is 1390 g/mol. The van der Waals surface area contributed by atoms with Crippen molar-refractivity contribution in [1.29, 1.82) is 0 Å². The van der Waals surface area contributed by atoms with Gasteiger partial charge in [0, 0.05) is 39.3 Å². The predicted octanol–water partition coefficient (Wildman–Crippen LogP) is 16.8. The summed E-state index contributed by atoms with van der Waals surface area (Å²) in [6.07, 6.45) is 56.0. The molecule has 0 saturated carbocycles. The summed E-state index contributed by atoms with van der Waals surface area (Å²) in [5, 5.41) is 22.6. The third-order valence-electron chi connectivity index (χ3n) is 19.8. The fourth-order valence-electron chi connectivity index (χ4n) is 13.1. The van der Waals surface area contributed by atoms with E-state index in [0.29, 0.717) is 71.4 Å². The van der Waals surface area contributed by atoms with Crippen LogP contribution in [0.3, 0.4) is 0 Å². The van der Waals surface area contributed by atoms with E-state index in [2.05, 4.69) is 46.9 Å². The molecule has 0 aromatic heterocycles. The predicted molar refractivity (Wildman–Crippen MR) is 409 cm³/mol. The minimum atomic E-state index is -0.689. The van der Waals surface area contributed by atoms with Gasteiger partial charge in [-0.05, 0) is 38.5 Å². The van der Waals surface area contributed by atoms with Crippen LogP contribution >= 0.6 is 0 Å². The first-order valence-corrected chi connectivity index (χ1v) is 41.7. The second kappa shape index (κ2) is 70.2. The molecule has 0 aromatic carbocycles. The van der Waals surface area contributed by atoms with Gasteiger partial charge in [0.05, 0.1) is 65.1 Å². The standard InChI is InChI=1S/C81H158N8O9/c1-7-13-19-25-31-37-39-45-51-57-61-86(68-77(94)84(66-75(82)92)59-53-47-41-33-27-21-15-9-3)79(96)70-88(63-55-49-43-35-29-23-17-11-5)81(98)71-89(64-56-50-44-36-30-24-18-12-6)80(97)69-87(62-58-52-46-40-38-32-26-20-14-8-2)78(95)67-85(76(93)65-83-74(72-90)73-91)60-54-48-42-34-28-22-16-10-4/h74,83,90-91H,7-73H2,1-6H3,(H2,82,92). The average molecular weight is 1390 g/mol. The number of amides is 7. The summed E-state index contributed by atoms with van der Waals surface area (Å²) in [5.41, 5.74) is 5.78. The highest BCUT2D eigenvalue weighted by Gasteiger charge is 2.30. The SMILES string of the molecule is CCCCCCCCCCCCN(CC(=O)N(CCCCCCCCCC)CC(N)=O)C(=O)CN(CCCCCCCCCC)C(=O)CN(CCCCCCCCCC)C(=O)CN(CCCCCCCCCCCC)C(=O)CN(CCCCCCCCCC)C(=O)CNC(CO)CO. The van der Waals surface area contributed by atoms with E-state index in [4.69, 9.17) is 5.73 Å². The molecule has 17 nitrogen and oxygen atoms in total. The Kier molecular flexibility index (Phi) is 67.5. The molecule has 0 saturated heterocycles. The van der Waals surface area contributed by atoms with Crippen LogP contribution in [0.2, 0.25) is 0 Å². The normalized spacial score (nSPS) is 11.4. The number of rotatable bonds is 75. The first-order valence-electron chi connectivity index (χ1n) is 41.7. The van der Waals surface area contributed by atoms with Crippen LogP contribution in [0.15, 0.2) is 0 Å². The van der Waals surface area contributed by atoms with Crippen molar-refractivity contribution in [2.75, 3.05) is 98.3 Å². The van der Waals surface area contributed by atoms with Gasteiger partial charge < -0.3 is 50.7 Å². The molecule has 0 fully saturated rings. The van der Waals surface area contributed by atoms with Crippen LogP contribution in [0.25, 0.3) is 0 Å². The van der Waals surface area contributed by atoms with Crippen LogP contribution < -0.4 is 11.1 Å². The van der Waals surface area contributed by atoms with Gasteiger partial charge in [0.2, 0.25) is 41.4 Å². The maximum atomic E-state index is 15.3. The number of aliphatic hydroxyl groups is 2. The molecule has 0 aliphatic heterocycles. The molecular formula is C81H158N8O9. The number of carbonyl (C=O) groups is 7. The van der Waals surface area contributed by atoms with Crippen LogP contribution in [0, 0.1) is 0 Å². The molecule has 0 bridgehead atoms. The Labute approximate surface area is 602 Å². The summed E-state index contributed by atoms with van der Waals surface area (Å²) < 4.78 is 0. The van der Waals surface area contributed by atoms with Crippen LogP contribution in [0.5, 0.6) is 0 Å². The molecule has 17 heteroatoms. The van der Waals surface area contributed by atoms with Crippen molar-refractivity contribution in [1.82, 2.24) is 34.7 Å². The van der Waals surface area contributed by atoms with Crippen LogP contribution in [-0.4, -0.2) is 185 Å². The first kappa shape index (κ1) is 94.2. The molecule has 5 N–H and O–H groups in total. The van der Waals surface area contributed by atoms with Gasteiger partial charge in [-0.1, -0.05) is 337 Å². The summed E-state index contributed by atoms with van der Waals surface area (Å²) >= 11 is 0. The lowest BCUT2D eigenvalue weighted by Gasteiger charge is -2.32. The number of nitrogens with two attached hydrogens (primary N) is 1. The molecule has 0 aromatic rings. The van der Waals surface area contributed by atoms with Crippen molar-refractivity contribution in [2.45, 2.75) is 381 Å². The fraction of sp³-hybridized carbons (Fsp3) is 0.914. The maximum absolute atomic E-state index is 15.3. The van der Waals surface area contributed by atoms with Crippen LogP contribution in [-0.2, 0) is 33.6 Å². The largest absolute Gasteiger partial charge is 0.395 e. The molecule has 98 heavy (non-hydrogen) atoms. The van der Waals surface area contributed by atoms with Crippen molar-refractivity contribution >= 4 is 41.4 Å². The molecule has 0 heterocycles. The quantitative estimate of drug-likeness (QED) is 0.0422. The second-order valence-corrected chi connectivity index (χ2v) is 29.1. The molecule has 0 rings (SSSR count). The molecular weight excluding hydrogens is 1230 g/mol. The molecule has 0 aliphatic carbocycles. The number of nitrogens with zero attached hydrogens (tertiary/aromatic N) is 6. The van der Waals surface area contributed by atoms with Gasteiger partial charge >= 0.3 is 0 Å². The maximum Gasteiger partial charge on any atom is 0.242 e. The van der Waals surface area contributed by atoms with Gasteiger partial charge in [0.15, 0.2) is 0 Å². The lowest BCUT2D eigenvalue weighted by Crippen LogP contribution is -2.52. The highest BCUT2D eigenvalue weighted by Crippen LogP contribution is 2.18. The van der Waals surface area contributed by atoms with E-state index < -0.39 is 11.9 Å². The fourth-order valence-corrected chi connectivity index (χ4v) is 13.1. The van der Waals surface area contributed by atoms with E-state index in [1.165, 1.54) is 159 Å². The molecule has 0 aliphatic rings. The third-order valence-corrected chi connectivity index (χ3v) is 19.8. The van der Waals surface area contributed by atoms with E-state index in [0.717, 1.165) is 148 Å². The van der Waals surface area contributed by atoms with Gasteiger partial charge in [-0.3, -0.25) is 33.6 Å². The van der Waals surface area contributed by atoms with Crippen LogP contribution in [0.1, 0.15) is 375 Å². The molecule has 0 atom stereocenters. The van der Waals surface area contributed by atoms with Crippen molar-refractivity contribution in [3.05, 3.63) is 0 Å². The molecule has 0 unspecified atom stereocenters. The van der Waals surface area contributed by atoms with Gasteiger partial charge in [0.25, 0.3) is 0 Å². The minimum Gasteiger partial charge on any atom is -0.395 e. The van der Waals surface area contributed by atoms with Crippen molar-refractivity contribution < 1.29 is 43.8 Å². The zero-order valence-electron chi connectivity index (χ0n) is 65.0. The number of nitrogens with one attached hydrogen (secondary N) is 1. The summed E-state index contributed by atoms with van der Waals surface area (Å²) in [7, 11) is 0. The Morgan fingerprint density at radius 3 is 0.561 bits per heavy atom. The molecule has 576 valence electrons. The Morgan fingerprint density at radius 2 is 0.398 bits per heavy atom. The lowest BCUT2D eigenvalue weighted by atomic mass is 10.1. The smallest absolute Gasteiger partial charge is 0.242 e. The van der Waals surface area contributed by atoms with E-state index in [9.17, 15) is 29.4 Å². The topological polar surface area (TPSA) is 217 Å². The molecule has 0 radical (unpaired) electrons. The Morgan fingerprint density at radius 1 is 0.245 bits per heavy atom. The van der Waals surface area contributed by atoms with Gasteiger partial charge in [-0.25, -0.2) is 0 Å². The zero-order valence-corrected chi connectivity index (χ0v) is 65.0. The summed E-state index contributed by atoms with van der Waals surface area (Å²) in [4.78, 5) is 111. The lowest BCUT2D eigenvalue weighted by molar-refractivity contribution is -0.148. The number of unbranched alkanes of at least 4 members (excludes halogenated alkanes) is 46. The first-order chi connectivity index (χ1) is 47.8. The summed E-state index contributed by atoms with van der Waals surface area (Å²) in [5.74, 6) is -2.64. The zero-order chi connectivity index (χ0) is 72.2. The van der Waals surface area contributed by atoms with Gasteiger partial charge in [0.1, 0.15) is 0 Å². The van der Waals surface area contributed by atoms with Crippen molar-refractivity contribution in [3.63, 3.8) is 0 Å². The summed E-state index contributed by atoms with van der Waals surface area (Å²) in [6, 6.07) is -0.689. The van der Waals surface area contributed by atoms with E-state index in [1.807, 2.05) is 0 Å². The van der Waals surface area contributed by atoms with Crippen LogP contribution in [0.4, 0.5) is 0 Å². The Balaban J connectivity index is 7.38. The summed E-state index contributed by atoms with van der Waals surface area (Å²) in [6.45, 7) is 13.0. The van der Waals surface area contributed by atoms with Crippen molar-refractivity contribution in [2.24, 2.45) is 5.73 Å². The average Bonchev–Trinajstić information content (AvgIpc) is 1.08. The van der Waals surface area contributed by atoms with Gasteiger partial charge in [-0.15, -0.1) is 0 Å². The Hall–Kier alpha value is -3.83. The van der Waals surface area contributed by atoms with E-state index >= 15 is 14.4 Å². The van der Waals surface area contributed by atoms with E-state index in [-0.39, 0.29) is 94.5 Å². The number of hydrogen-bond donors (Lipinski definition) is 4. The highest BCUT2D eigenvalue weighted by molar-refractivity contribution is 5.92. The molecule has 0 spiro atoms. The number of aliphatic hydroxyl groups excluding tert-OH is 2.